The Kier molecular flexibility index (Phi) is 5.61. The number of methoxy groups -OCH3 is 1. The minimum Gasteiger partial charge on any atom is -0.493 e. The summed E-state index contributed by atoms with van der Waals surface area (Å²) < 4.78 is 17.7. The van der Waals surface area contributed by atoms with Crippen LogP contribution in [0, 0.1) is 6.92 Å². The highest BCUT2D eigenvalue weighted by molar-refractivity contribution is 6.30. The van der Waals surface area contributed by atoms with E-state index in [9.17, 15) is 0 Å². The van der Waals surface area contributed by atoms with Crippen molar-refractivity contribution in [3.8, 4) is 11.5 Å². The Morgan fingerprint density at radius 3 is 2.62 bits per heavy atom. The van der Waals surface area contributed by atoms with Gasteiger partial charge in [-0.2, -0.15) is 0 Å². The molecule has 0 aliphatic carbocycles. The van der Waals surface area contributed by atoms with Crippen LogP contribution in [-0.4, -0.2) is 32.9 Å². The smallest absolute Gasteiger partial charge is 0.162 e. The van der Waals surface area contributed by atoms with Gasteiger partial charge in [-0.05, 0) is 24.6 Å². The summed E-state index contributed by atoms with van der Waals surface area (Å²) in [6, 6.07) is 13.7. The molecule has 128 valence electrons. The molecular formula is C19H22ClNO3. The first-order chi connectivity index (χ1) is 11.7. The van der Waals surface area contributed by atoms with Crippen LogP contribution in [0.5, 0.6) is 11.5 Å². The van der Waals surface area contributed by atoms with Gasteiger partial charge in [0.25, 0.3) is 0 Å². The lowest BCUT2D eigenvalue weighted by molar-refractivity contribution is -0.0438. The summed E-state index contributed by atoms with van der Waals surface area (Å²) in [6.45, 7) is 4.35. The molecule has 0 aromatic heterocycles. The van der Waals surface area contributed by atoms with Gasteiger partial charge in [0, 0.05) is 24.2 Å². The molecule has 1 heterocycles. The molecule has 2 aromatic carbocycles. The Bertz CT molecular complexity index is 669. The van der Waals surface area contributed by atoms with E-state index in [-0.39, 0.29) is 12.2 Å². The summed E-state index contributed by atoms with van der Waals surface area (Å²) in [5.74, 6) is 1.27. The number of rotatable bonds is 5. The van der Waals surface area contributed by atoms with Gasteiger partial charge in [-0.15, -0.1) is 0 Å². The maximum Gasteiger partial charge on any atom is 0.162 e. The Labute approximate surface area is 147 Å². The molecule has 0 bridgehead atoms. The van der Waals surface area contributed by atoms with Crippen molar-refractivity contribution in [2.75, 3.05) is 26.8 Å². The highest BCUT2D eigenvalue weighted by Gasteiger charge is 2.28. The fraction of sp³-hybridized carbons (Fsp3) is 0.368. The van der Waals surface area contributed by atoms with E-state index in [2.05, 4.69) is 36.5 Å². The van der Waals surface area contributed by atoms with Crippen LogP contribution in [0.25, 0.3) is 0 Å². The highest BCUT2D eigenvalue weighted by Crippen LogP contribution is 2.35. The second-order valence-corrected chi connectivity index (χ2v) is 6.29. The maximum absolute atomic E-state index is 6.31. The molecule has 0 spiro atoms. The summed E-state index contributed by atoms with van der Waals surface area (Å²) >= 11 is 6.04. The van der Waals surface area contributed by atoms with Gasteiger partial charge in [-0.1, -0.05) is 41.4 Å². The van der Waals surface area contributed by atoms with Crippen molar-refractivity contribution in [1.29, 1.82) is 0 Å². The Morgan fingerprint density at radius 1 is 1.17 bits per heavy atom. The molecule has 24 heavy (non-hydrogen) atoms. The third-order valence-corrected chi connectivity index (χ3v) is 4.31. The van der Waals surface area contributed by atoms with Crippen molar-refractivity contribution >= 4 is 11.6 Å². The second-order valence-electron chi connectivity index (χ2n) is 5.86. The number of halogens is 1. The highest BCUT2D eigenvalue weighted by atomic mass is 35.5. The first-order valence-corrected chi connectivity index (χ1v) is 8.44. The fourth-order valence-electron chi connectivity index (χ4n) is 2.77. The third-order valence-electron chi connectivity index (χ3n) is 4.08. The molecule has 1 saturated heterocycles. The molecule has 5 heteroatoms. The van der Waals surface area contributed by atoms with E-state index in [1.54, 1.807) is 19.2 Å². The number of ether oxygens (including phenoxy) is 3. The molecular weight excluding hydrogens is 326 g/mol. The minimum atomic E-state index is -0.228. The summed E-state index contributed by atoms with van der Waals surface area (Å²) in [4.78, 5) is 0. The topological polar surface area (TPSA) is 39.7 Å². The quantitative estimate of drug-likeness (QED) is 0.893. The molecule has 2 atom stereocenters. The standard InChI is InChI=1S/C19H22ClNO3/c1-13-3-5-14(6-4-13)19(18-12-21-9-10-23-18)24-16-8-7-15(20)11-17(16)22-2/h3-8,11,18-19,21H,9-10,12H2,1-2H3/t18-,19-/m0/s1. The number of benzene rings is 2. The zero-order chi connectivity index (χ0) is 16.9. The SMILES string of the molecule is COc1cc(Cl)ccc1O[C@@H](c1ccc(C)cc1)[C@@H]1CNCCO1. The Balaban J connectivity index is 1.91. The van der Waals surface area contributed by atoms with Crippen LogP contribution < -0.4 is 14.8 Å². The van der Waals surface area contributed by atoms with Gasteiger partial charge >= 0.3 is 0 Å². The van der Waals surface area contributed by atoms with Crippen molar-refractivity contribution in [2.24, 2.45) is 0 Å². The molecule has 3 rings (SSSR count). The lowest BCUT2D eigenvalue weighted by Gasteiger charge is -2.32. The van der Waals surface area contributed by atoms with E-state index >= 15 is 0 Å². The first-order valence-electron chi connectivity index (χ1n) is 8.06. The van der Waals surface area contributed by atoms with Gasteiger partial charge in [0.05, 0.1) is 13.7 Å². The van der Waals surface area contributed by atoms with Crippen LogP contribution in [0.2, 0.25) is 5.02 Å². The van der Waals surface area contributed by atoms with Crippen molar-refractivity contribution < 1.29 is 14.2 Å². The zero-order valence-corrected chi connectivity index (χ0v) is 14.7. The molecule has 0 unspecified atom stereocenters. The van der Waals surface area contributed by atoms with Crippen LogP contribution >= 0.6 is 11.6 Å². The minimum absolute atomic E-state index is 0.0677. The van der Waals surface area contributed by atoms with Crippen LogP contribution in [0.3, 0.4) is 0 Å². The van der Waals surface area contributed by atoms with Gasteiger partial charge in [0.1, 0.15) is 6.10 Å². The number of hydrogen-bond donors (Lipinski definition) is 1. The van der Waals surface area contributed by atoms with Crippen molar-refractivity contribution in [3.63, 3.8) is 0 Å². The molecule has 1 aliphatic heterocycles. The lowest BCUT2D eigenvalue weighted by Crippen LogP contribution is -2.43. The van der Waals surface area contributed by atoms with E-state index in [0.29, 0.717) is 23.1 Å². The molecule has 2 aromatic rings. The summed E-state index contributed by atoms with van der Waals surface area (Å²) in [7, 11) is 1.61. The second kappa shape index (κ2) is 7.88. The van der Waals surface area contributed by atoms with Gasteiger partial charge in [0.2, 0.25) is 0 Å². The van der Waals surface area contributed by atoms with E-state index in [4.69, 9.17) is 25.8 Å². The fourth-order valence-corrected chi connectivity index (χ4v) is 2.93. The zero-order valence-electron chi connectivity index (χ0n) is 13.9. The number of nitrogens with one attached hydrogen (secondary N) is 1. The van der Waals surface area contributed by atoms with E-state index in [0.717, 1.165) is 18.7 Å². The Morgan fingerprint density at radius 2 is 1.96 bits per heavy atom. The number of aryl methyl sites for hydroxylation is 1. The molecule has 0 saturated carbocycles. The number of morpholine rings is 1. The van der Waals surface area contributed by atoms with Crippen molar-refractivity contribution in [2.45, 2.75) is 19.1 Å². The van der Waals surface area contributed by atoms with E-state index in [1.807, 2.05) is 6.07 Å². The predicted molar refractivity (Wildman–Crippen MR) is 95.2 cm³/mol. The van der Waals surface area contributed by atoms with Crippen LogP contribution in [-0.2, 0) is 4.74 Å². The van der Waals surface area contributed by atoms with Crippen LogP contribution in [0.1, 0.15) is 17.2 Å². The van der Waals surface area contributed by atoms with Crippen LogP contribution in [0.15, 0.2) is 42.5 Å². The Hall–Kier alpha value is -1.75. The molecule has 4 nitrogen and oxygen atoms in total. The lowest BCUT2D eigenvalue weighted by atomic mass is 10.0. The number of hydrogen-bond acceptors (Lipinski definition) is 4. The van der Waals surface area contributed by atoms with Gasteiger partial charge in [-0.25, -0.2) is 0 Å². The average Bonchev–Trinajstić information content (AvgIpc) is 2.62. The van der Waals surface area contributed by atoms with Gasteiger partial charge < -0.3 is 19.5 Å². The van der Waals surface area contributed by atoms with Gasteiger partial charge in [-0.3, -0.25) is 0 Å². The summed E-state index contributed by atoms with van der Waals surface area (Å²) in [5.41, 5.74) is 2.29. The molecule has 0 amide bonds. The third kappa shape index (κ3) is 4.01. The molecule has 1 N–H and O–H groups in total. The van der Waals surface area contributed by atoms with Crippen molar-refractivity contribution in [3.05, 3.63) is 58.6 Å². The monoisotopic (exact) mass is 347 g/mol. The van der Waals surface area contributed by atoms with Crippen molar-refractivity contribution in [1.82, 2.24) is 5.32 Å². The predicted octanol–water partition coefficient (Wildman–Crippen LogP) is 3.77. The molecule has 1 fully saturated rings. The summed E-state index contributed by atoms with van der Waals surface area (Å²) in [5, 5.41) is 3.98. The average molecular weight is 348 g/mol. The summed E-state index contributed by atoms with van der Waals surface area (Å²) in [6.07, 6.45) is -0.296. The van der Waals surface area contributed by atoms with E-state index < -0.39 is 0 Å². The maximum atomic E-state index is 6.31. The van der Waals surface area contributed by atoms with Gasteiger partial charge in [0.15, 0.2) is 17.6 Å². The molecule has 0 radical (unpaired) electrons. The largest absolute Gasteiger partial charge is 0.493 e. The normalized spacial score (nSPS) is 18.9. The molecule has 1 aliphatic rings. The van der Waals surface area contributed by atoms with Crippen LogP contribution in [0.4, 0.5) is 0 Å². The first kappa shape index (κ1) is 17.1. The van der Waals surface area contributed by atoms with E-state index in [1.165, 1.54) is 5.56 Å².